The molecule has 0 aliphatic carbocycles. The lowest BCUT2D eigenvalue weighted by Gasteiger charge is -2.14. The number of aryl methyl sites for hydroxylation is 1. The van der Waals surface area contributed by atoms with Crippen LogP contribution in [0.15, 0.2) is 24.3 Å². The van der Waals surface area contributed by atoms with Gasteiger partial charge in [-0.25, -0.2) is 0 Å². The first-order valence-corrected chi connectivity index (χ1v) is 5.46. The monoisotopic (exact) mass is 215 g/mol. The third kappa shape index (κ3) is 1.32. The van der Waals surface area contributed by atoms with Crippen molar-refractivity contribution in [1.29, 1.82) is 0 Å². The fourth-order valence-electron chi connectivity index (χ4n) is 2.35. The summed E-state index contributed by atoms with van der Waals surface area (Å²) in [5.74, 6) is 1.18. The van der Waals surface area contributed by atoms with Crippen molar-refractivity contribution in [1.82, 2.24) is 4.57 Å². The average molecular weight is 215 g/mol. The Morgan fingerprint density at radius 1 is 1.25 bits per heavy atom. The number of Topliss-reactive ketones (excluding diaryl/α,β-unsaturated/α-hetero) is 1. The number of benzene rings is 1. The number of fused-ring (bicyclic) bond motifs is 3. The zero-order chi connectivity index (χ0) is 11.1. The van der Waals surface area contributed by atoms with E-state index >= 15 is 0 Å². The number of rotatable bonds is 1. The minimum Gasteiger partial charge on any atom is -0.497 e. The molecule has 16 heavy (non-hydrogen) atoms. The Morgan fingerprint density at radius 3 is 2.94 bits per heavy atom. The zero-order valence-corrected chi connectivity index (χ0v) is 9.19. The molecular weight excluding hydrogens is 202 g/mol. The van der Waals surface area contributed by atoms with Crippen molar-refractivity contribution in [3.8, 4) is 5.75 Å². The molecule has 1 aromatic carbocycles. The molecule has 0 fully saturated rings. The van der Waals surface area contributed by atoms with Gasteiger partial charge in [0.25, 0.3) is 0 Å². The summed E-state index contributed by atoms with van der Waals surface area (Å²) in [6, 6.07) is 8.14. The van der Waals surface area contributed by atoms with Gasteiger partial charge in [-0.15, -0.1) is 0 Å². The SMILES string of the molecule is COc1ccc2c(c1)cc1n2CC(=O)CC1. The molecule has 2 heterocycles. The van der Waals surface area contributed by atoms with Gasteiger partial charge in [0.2, 0.25) is 0 Å². The van der Waals surface area contributed by atoms with Gasteiger partial charge in [-0.2, -0.15) is 0 Å². The number of ketones is 1. The lowest BCUT2D eigenvalue weighted by atomic mass is 10.1. The number of carbonyl (C=O) groups excluding carboxylic acids is 1. The molecule has 0 saturated heterocycles. The molecule has 0 atom stereocenters. The van der Waals surface area contributed by atoms with E-state index in [0.717, 1.165) is 23.1 Å². The van der Waals surface area contributed by atoms with Gasteiger partial charge in [0.1, 0.15) is 5.75 Å². The number of hydrogen-bond donors (Lipinski definition) is 0. The van der Waals surface area contributed by atoms with Crippen LogP contribution >= 0.6 is 0 Å². The maximum Gasteiger partial charge on any atom is 0.152 e. The minimum absolute atomic E-state index is 0.320. The smallest absolute Gasteiger partial charge is 0.152 e. The maximum absolute atomic E-state index is 11.4. The first-order valence-electron chi connectivity index (χ1n) is 5.46. The number of ether oxygens (including phenoxy) is 1. The molecule has 1 aliphatic rings. The summed E-state index contributed by atoms with van der Waals surface area (Å²) < 4.78 is 7.31. The van der Waals surface area contributed by atoms with Gasteiger partial charge in [0.15, 0.2) is 5.78 Å². The van der Waals surface area contributed by atoms with Crippen LogP contribution in [0.5, 0.6) is 5.75 Å². The lowest BCUT2D eigenvalue weighted by Crippen LogP contribution is -2.18. The molecular formula is C13H13NO2. The summed E-state index contributed by atoms with van der Waals surface area (Å²) in [6.45, 7) is 0.519. The Morgan fingerprint density at radius 2 is 2.12 bits per heavy atom. The molecule has 3 rings (SSSR count). The summed E-state index contributed by atoms with van der Waals surface area (Å²) in [4.78, 5) is 11.4. The van der Waals surface area contributed by atoms with Crippen molar-refractivity contribution < 1.29 is 9.53 Å². The number of hydrogen-bond acceptors (Lipinski definition) is 2. The van der Waals surface area contributed by atoms with Crippen LogP contribution in [0.1, 0.15) is 12.1 Å². The molecule has 1 aliphatic heterocycles. The molecule has 3 heteroatoms. The quantitative estimate of drug-likeness (QED) is 0.730. The Bertz CT molecular complexity index is 569. The molecule has 3 nitrogen and oxygen atoms in total. The highest BCUT2D eigenvalue weighted by Crippen LogP contribution is 2.27. The highest BCUT2D eigenvalue weighted by molar-refractivity contribution is 5.87. The van der Waals surface area contributed by atoms with E-state index < -0.39 is 0 Å². The van der Waals surface area contributed by atoms with Crippen molar-refractivity contribution >= 4 is 16.7 Å². The van der Waals surface area contributed by atoms with Crippen molar-refractivity contribution in [2.75, 3.05) is 7.11 Å². The molecule has 82 valence electrons. The fraction of sp³-hybridized carbons (Fsp3) is 0.308. The summed E-state index contributed by atoms with van der Waals surface area (Å²) in [7, 11) is 1.67. The molecule has 2 aromatic rings. The normalized spacial score (nSPS) is 15.2. The third-order valence-corrected chi connectivity index (χ3v) is 3.19. The summed E-state index contributed by atoms with van der Waals surface area (Å²) >= 11 is 0. The predicted molar refractivity (Wildman–Crippen MR) is 61.8 cm³/mol. The van der Waals surface area contributed by atoms with Crippen LogP contribution in [0.25, 0.3) is 10.9 Å². The molecule has 0 saturated carbocycles. The standard InChI is InChI=1S/C13H13NO2/c1-16-12-4-5-13-9(7-12)6-10-2-3-11(15)8-14(10)13/h4-7H,2-3,8H2,1H3. The van der Waals surface area contributed by atoms with Gasteiger partial charge in [0.05, 0.1) is 13.7 Å². The number of methoxy groups -OCH3 is 1. The van der Waals surface area contributed by atoms with Gasteiger partial charge in [0, 0.05) is 23.0 Å². The summed E-state index contributed by atoms with van der Waals surface area (Å²) in [5.41, 5.74) is 2.38. The van der Waals surface area contributed by atoms with Crippen LogP contribution in [0.2, 0.25) is 0 Å². The van der Waals surface area contributed by atoms with Crippen LogP contribution in [-0.2, 0) is 17.8 Å². The van der Waals surface area contributed by atoms with E-state index in [1.807, 2.05) is 18.2 Å². The van der Waals surface area contributed by atoms with Crippen molar-refractivity contribution in [3.05, 3.63) is 30.0 Å². The van der Waals surface area contributed by atoms with Crippen LogP contribution in [-0.4, -0.2) is 17.5 Å². The second-order valence-electron chi connectivity index (χ2n) is 4.19. The fourth-order valence-corrected chi connectivity index (χ4v) is 2.35. The molecule has 1 aromatic heterocycles. The van der Waals surface area contributed by atoms with E-state index in [1.54, 1.807) is 7.11 Å². The van der Waals surface area contributed by atoms with E-state index in [1.165, 1.54) is 5.69 Å². The first-order chi connectivity index (χ1) is 7.78. The Hall–Kier alpha value is -1.77. The lowest BCUT2D eigenvalue weighted by molar-refractivity contribution is -0.120. The van der Waals surface area contributed by atoms with Crippen LogP contribution < -0.4 is 4.74 Å². The first kappa shape index (κ1) is 9.46. The molecule has 0 amide bonds. The second kappa shape index (κ2) is 3.37. The van der Waals surface area contributed by atoms with Crippen LogP contribution in [0.3, 0.4) is 0 Å². The summed E-state index contributed by atoms with van der Waals surface area (Å²) in [6.07, 6.45) is 1.53. The van der Waals surface area contributed by atoms with E-state index in [9.17, 15) is 4.79 Å². The highest BCUT2D eigenvalue weighted by atomic mass is 16.5. The van der Waals surface area contributed by atoms with Crippen LogP contribution in [0, 0.1) is 0 Å². The van der Waals surface area contributed by atoms with Crippen LogP contribution in [0.4, 0.5) is 0 Å². The van der Waals surface area contributed by atoms with Gasteiger partial charge < -0.3 is 9.30 Å². The van der Waals surface area contributed by atoms with Crippen molar-refractivity contribution in [2.45, 2.75) is 19.4 Å². The predicted octanol–water partition coefficient (Wildman–Crippen LogP) is 2.17. The molecule has 0 bridgehead atoms. The second-order valence-corrected chi connectivity index (χ2v) is 4.19. The van der Waals surface area contributed by atoms with E-state index in [4.69, 9.17) is 4.74 Å². The Labute approximate surface area is 93.6 Å². The number of nitrogens with zero attached hydrogens (tertiary/aromatic N) is 1. The third-order valence-electron chi connectivity index (χ3n) is 3.19. The Balaban J connectivity index is 2.21. The molecule has 0 radical (unpaired) electrons. The number of aromatic nitrogens is 1. The van der Waals surface area contributed by atoms with Gasteiger partial charge in [-0.05, 0) is 30.7 Å². The van der Waals surface area contributed by atoms with E-state index in [2.05, 4.69) is 10.6 Å². The van der Waals surface area contributed by atoms with Gasteiger partial charge >= 0.3 is 0 Å². The Kier molecular flexibility index (Phi) is 1.99. The average Bonchev–Trinajstić information content (AvgIpc) is 2.66. The van der Waals surface area contributed by atoms with Gasteiger partial charge in [-0.1, -0.05) is 0 Å². The topological polar surface area (TPSA) is 31.2 Å². The van der Waals surface area contributed by atoms with Crippen molar-refractivity contribution in [2.24, 2.45) is 0 Å². The molecule has 0 N–H and O–H groups in total. The maximum atomic E-state index is 11.4. The summed E-state index contributed by atoms with van der Waals surface area (Å²) in [5, 5.41) is 1.16. The van der Waals surface area contributed by atoms with Gasteiger partial charge in [-0.3, -0.25) is 4.79 Å². The van der Waals surface area contributed by atoms with E-state index in [0.29, 0.717) is 18.7 Å². The molecule has 0 unspecified atom stereocenters. The highest BCUT2D eigenvalue weighted by Gasteiger charge is 2.17. The largest absolute Gasteiger partial charge is 0.497 e. The minimum atomic E-state index is 0.320. The van der Waals surface area contributed by atoms with Crippen molar-refractivity contribution in [3.63, 3.8) is 0 Å². The van der Waals surface area contributed by atoms with E-state index in [-0.39, 0.29) is 0 Å². The zero-order valence-electron chi connectivity index (χ0n) is 9.19. The number of carbonyl (C=O) groups is 1. The molecule has 0 spiro atoms.